The molecule has 25 heavy (non-hydrogen) atoms. The normalized spacial score (nSPS) is 15.2. The van der Waals surface area contributed by atoms with E-state index < -0.39 is 11.4 Å². The maximum Gasteiger partial charge on any atom is 0.201 e. The van der Waals surface area contributed by atoms with Crippen LogP contribution in [0.2, 0.25) is 0 Å². The van der Waals surface area contributed by atoms with Crippen LogP contribution in [0.3, 0.4) is 0 Å². The predicted octanol–water partition coefficient (Wildman–Crippen LogP) is 4.02. The molecule has 0 saturated carbocycles. The van der Waals surface area contributed by atoms with E-state index in [0.29, 0.717) is 33.3 Å². The molecular weight excluding hydrogens is 321 g/mol. The summed E-state index contributed by atoms with van der Waals surface area (Å²) in [7, 11) is 3.37. The highest BCUT2D eigenvalue weighted by Crippen LogP contribution is 2.40. The minimum atomic E-state index is -0.440. The molecule has 0 spiro atoms. The highest BCUT2D eigenvalue weighted by atomic mass is 19.1. The molecule has 128 valence electrons. The van der Waals surface area contributed by atoms with Gasteiger partial charge < -0.3 is 14.0 Å². The average Bonchev–Trinajstić information content (AvgIpc) is 2.57. The van der Waals surface area contributed by atoms with Crippen molar-refractivity contribution in [2.45, 2.75) is 19.4 Å². The van der Waals surface area contributed by atoms with Crippen molar-refractivity contribution in [3.05, 3.63) is 51.9 Å². The van der Waals surface area contributed by atoms with E-state index in [0.717, 1.165) is 5.56 Å². The van der Waals surface area contributed by atoms with Gasteiger partial charge >= 0.3 is 0 Å². The summed E-state index contributed by atoms with van der Waals surface area (Å²) < 4.78 is 27.1. The Bertz CT molecular complexity index is 1130. The van der Waals surface area contributed by atoms with Crippen molar-refractivity contribution in [2.24, 2.45) is 7.05 Å². The topological polar surface area (TPSA) is 40.5 Å². The number of hydrogen-bond donors (Lipinski definition) is 0. The molecule has 1 aliphatic rings. The van der Waals surface area contributed by atoms with Crippen LogP contribution in [-0.4, -0.2) is 17.3 Å². The van der Waals surface area contributed by atoms with Crippen LogP contribution in [0.25, 0.3) is 27.9 Å². The molecule has 4 nitrogen and oxygen atoms in total. The molecule has 0 bridgehead atoms. The van der Waals surface area contributed by atoms with Crippen molar-refractivity contribution in [1.82, 2.24) is 4.57 Å². The van der Waals surface area contributed by atoms with Gasteiger partial charge in [-0.1, -0.05) is 0 Å². The van der Waals surface area contributed by atoms with Gasteiger partial charge in [0.15, 0.2) is 0 Å². The van der Waals surface area contributed by atoms with E-state index in [1.165, 1.54) is 19.2 Å². The molecule has 0 aliphatic carbocycles. The zero-order valence-electron chi connectivity index (χ0n) is 14.5. The molecule has 2 aromatic carbocycles. The number of halogens is 1. The smallest absolute Gasteiger partial charge is 0.201 e. The van der Waals surface area contributed by atoms with Gasteiger partial charge in [-0.2, -0.15) is 0 Å². The summed E-state index contributed by atoms with van der Waals surface area (Å²) in [5.74, 6) is 0.644. The first-order valence-electron chi connectivity index (χ1n) is 8.03. The minimum Gasteiger partial charge on any atom is -0.496 e. The lowest BCUT2D eigenvalue weighted by Crippen LogP contribution is -2.28. The van der Waals surface area contributed by atoms with Crippen LogP contribution in [0.4, 0.5) is 4.39 Å². The third-order valence-electron chi connectivity index (χ3n) is 4.64. The van der Waals surface area contributed by atoms with Crippen LogP contribution < -0.4 is 14.9 Å². The largest absolute Gasteiger partial charge is 0.496 e. The molecule has 0 unspecified atom stereocenters. The maximum absolute atomic E-state index is 13.7. The van der Waals surface area contributed by atoms with E-state index >= 15 is 0 Å². The van der Waals surface area contributed by atoms with Crippen molar-refractivity contribution < 1.29 is 13.9 Å². The van der Waals surface area contributed by atoms with Crippen LogP contribution in [-0.2, 0) is 7.05 Å². The lowest BCUT2D eigenvalue weighted by atomic mass is 9.98. The molecule has 2 heterocycles. The van der Waals surface area contributed by atoms with Crippen molar-refractivity contribution in [3.8, 4) is 11.5 Å². The predicted molar refractivity (Wildman–Crippen MR) is 96.9 cm³/mol. The van der Waals surface area contributed by atoms with Gasteiger partial charge in [-0.3, -0.25) is 4.79 Å². The van der Waals surface area contributed by atoms with Gasteiger partial charge in [0.2, 0.25) is 5.43 Å². The zero-order valence-corrected chi connectivity index (χ0v) is 14.5. The molecule has 0 N–H and O–H groups in total. The molecule has 1 aliphatic heterocycles. The van der Waals surface area contributed by atoms with Crippen molar-refractivity contribution >= 4 is 27.9 Å². The Morgan fingerprint density at radius 2 is 2.00 bits per heavy atom. The standard InChI is InChI=1S/C20H18FNO3/c1-20(2)8-7-12-15(25-20)10-16(24-4)17-18(12)22(3)14-6-5-11(21)9-13(14)19(17)23/h5-10H,1-4H3. The first kappa shape index (κ1) is 15.7. The second-order valence-corrected chi connectivity index (χ2v) is 6.80. The molecule has 0 radical (unpaired) electrons. The third kappa shape index (κ3) is 2.22. The number of rotatable bonds is 1. The number of fused-ring (bicyclic) bond motifs is 4. The number of aryl methyl sites for hydroxylation is 1. The summed E-state index contributed by atoms with van der Waals surface area (Å²) in [6, 6.07) is 5.98. The monoisotopic (exact) mass is 339 g/mol. The van der Waals surface area contributed by atoms with Gasteiger partial charge in [0.25, 0.3) is 0 Å². The summed E-state index contributed by atoms with van der Waals surface area (Å²) >= 11 is 0. The number of hydrogen-bond acceptors (Lipinski definition) is 3. The van der Waals surface area contributed by atoms with Crippen LogP contribution in [0.5, 0.6) is 11.5 Å². The molecular formula is C20H18FNO3. The van der Waals surface area contributed by atoms with E-state index in [2.05, 4.69) is 0 Å². The van der Waals surface area contributed by atoms with E-state index in [9.17, 15) is 9.18 Å². The summed E-state index contributed by atoms with van der Waals surface area (Å²) in [6.45, 7) is 3.93. The fourth-order valence-corrected chi connectivity index (χ4v) is 3.45. The summed E-state index contributed by atoms with van der Waals surface area (Å²) in [5.41, 5.74) is 1.50. The Kier molecular flexibility index (Phi) is 3.19. The molecule has 0 amide bonds. The Morgan fingerprint density at radius 1 is 1.24 bits per heavy atom. The molecule has 4 rings (SSSR count). The molecule has 1 aromatic heterocycles. The van der Waals surface area contributed by atoms with Crippen molar-refractivity contribution in [2.75, 3.05) is 7.11 Å². The van der Waals surface area contributed by atoms with Gasteiger partial charge in [0.1, 0.15) is 22.9 Å². The molecule has 0 saturated heterocycles. The van der Waals surface area contributed by atoms with Crippen molar-refractivity contribution in [1.29, 1.82) is 0 Å². The summed E-state index contributed by atoms with van der Waals surface area (Å²) in [4.78, 5) is 13.1. The second-order valence-electron chi connectivity index (χ2n) is 6.80. The Hall–Kier alpha value is -2.82. The Labute approximate surface area is 144 Å². The van der Waals surface area contributed by atoms with E-state index in [4.69, 9.17) is 9.47 Å². The fraction of sp³-hybridized carbons (Fsp3) is 0.250. The third-order valence-corrected chi connectivity index (χ3v) is 4.64. The van der Waals surface area contributed by atoms with E-state index in [1.54, 1.807) is 12.1 Å². The van der Waals surface area contributed by atoms with Crippen LogP contribution in [0.15, 0.2) is 35.1 Å². The molecule has 3 aromatic rings. The number of methoxy groups -OCH3 is 1. The van der Waals surface area contributed by atoms with E-state index in [1.807, 2.05) is 37.6 Å². The van der Waals surface area contributed by atoms with Gasteiger partial charge in [0, 0.05) is 24.1 Å². The molecule has 5 heteroatoms. The second kappa shape index (κ2) is 5.09. The van der Waals surface area contributed by atoms with Gasteiger partial charge in [-0.15, -0.1) is 0 Å². The summed E-state index contributed by atoms with van der Waals surface area (Å²) in [6.07, 6.45) is 3.93. The number of ether oxygens (including phenoxy) is 2. The van der Waals surface area contributed by atoms with Gasteiger partial charge in [0.05, 0.1) is 23.5 Å². The van der Waals surface area contributed by atoms with Crippen molar-refractivity contribution in [3.63, 3.8) is 0 Å². The van der Waals surface area contributed by atoms with E-state index in [-0.39, 0.29) is 5.43 Å². The highest BCUT2D eigenvalue weighted by Gasteiger charge is 2.27. The first-order valence-corrected chi connectivity index (χ1v) is 8.03. The number of pyridine rings is 1. The lowest BCUT2D eigenvalue weighted by molar-refractivity contribution is 0.159. The Balaban J connectivity index is 2.25. The lowest BCUT2D eigenvalue weighted by Gasteiger charge is -2.29. The SMILES string of the molecule is COc1cc2c(c3c1c(=O)c1cc(F)ccc1n3C)C=CC(C)(C)O2. The van der Waals surface area contributed by atoms with Crippen LogP contribution >= 0.6 is 0 Å². The average molecular weight is 339 g/mol. The summed E-state index contributed by atoms with van der Waals surface area (Å²) in [5, 5.41) is 0.754. The van der Waals surface area contributed by atoms with Gasteiger partial charge in [-0.05, 0) is 44.2 Å². The highest BCUT2D eigenvalue weighted by molar-refractivity contribution is 6.02. The number of benzene rings is 2. The minimum absolute atomic E-state index is 0.250. The zero-order chi connectivity index (χ0) is 17.9. The quantitative estimate of drug-likeness (QED) is 0.629. The Morgan fingerprint density at radius 3 is 2.72 bits per heavy atom. The van der Waals surface area contributed by atoms with Gasteiger partial charge in [-0.25, -0.2) is 4.39 Å². The first-order chi connectivity index (χ1) is 11.8. The maximum atomic E-state index is 13.7. The molecule has 0 atom stereocenters. The fourth-order valence-electron chi connectivity index (χ4n) is 3.45. The molecule has 0 fully saturated rings. The number of nitrogens with zero attached hydrogens (tertiary/aromatic N) is 1. The number of aromatic nitrogens is 1. The van der Waals surface area contributed by atoms with Crippen LogP contribution in [0.1, 0.15) is 19.4 Å². The van der Waals surface area contributed by atoms with Crippen LogP contribution in [0, 0.1) is 5.82 Å².